The van der Waals surface area contributed by atoms with Gasteiger partial charge in [-0.15, -0.1) is 0 Å². The lowest BCUT2D eigenvalue weighted by Crippen LogP contribution is -2.30. The van der Waals surface area contributed by atoms with E-state index in [0.717, 1.165) is 19.2 Å². The van der Waals surface area contributed by atoms with Gasteiger partial charge in [0, 0.05) is 0 Å². The van der Waals surface area contributed by atoms with Gasteiger partial charge < -0.3 is 7.28 Å². The maximum absolute atomic E-state index is 13.4. The van der Waals surface area contributed by atoms with E-state index in [-0.39, 0.29) is 5.92 Å². The molecule has 0 aromatic heterocycles. The van der Waals surface area contributed by atoms with Gasteiger partial charge in [0.05, 0.1) is 6.17 Å². The van der Waals surface area contributed by atoms with Gasteiger partial charge in [0.15, 0.2) is 0 Å². The molecular weight excluding hydrogens is 236 g/mol. The first-order valence-corrected chi connectivity index (χ1v) is 7.31. The minimum Gasteiger partial charge on any atom is -0.331 e. The Labute approximate surface area is 109 Å². The van der Waals surface area contributed by atoms with E-state index in [2.05, 4.69) is 14.2 Å². The zero-order valence-corrected chi connectivity index (χ0v) is 11.1. The minimum absolute atomic E-state index is 0.263. The summed E-state index contributed by atoms with van der Waals surface area (Å²) in [4.78, 5) is 0. The number of hydrogen-bond acceptors (Lipinski definition) is 0. The minimum atomic E-state index is -1.28. The molecule has 0 spiro atoms. The molecule has 0 heterocycles. The highest BCUT2D eigenvalue weighted by atomic mass is 19.2. The third-order valence-electron chi connectivity index (χ3n) is 4.77. The molecule has 104 valence electrons. The maximum Gasteiger partial charge on any atom is 0.131 e. The Morgan fingerprint density at radius 1 is 0.944 bits per heavy atom. The van der Waals surface area contributed by atoms with Crippen LogP contribution in [0.3, 0.4) is 0 Å². The summed E-state index contributed by atoms with van der Waals surface area (Å²) in [6.07, 6.45) is 1.35. The zero-order valence-electron chi connectivity index (χ0n) is 11.1. The van der Waals surface area contributed by atoms with Crippen LogP contribution in [0.15, 0.2) is 0 Å². The lowest BCUT2D eigenvalue weighted by atomic mass is 9.51. The van der Waals surface area contributed by atoms with E-state index >= 15 is 0 Å². The Morgan fingerprint density at radius 3 is 2.44 bits per heavy atom. The van der Waals surface area contributed by atoms with Crippen molar-refractivity contribution in [2.75, 3.05) is 0 Å². The molecule has 0 bridgehead atoms. The van der Waals surface area contributed by atoms with Crippen LogP contribution in [0.25, 0.3) is 0 Å². The van der Waals surface area contributed by atoms with Crippen LogP contribution < -0.4 is 0 Å². The highest BCUT2D eigenvalue weighted by Gasteiger charge is 2.29. The summed E-state index contributed by atoms with van der Waals surface area (Å²) in [5, 5.41) is 0. The molecule has 0 aromatic carbocycles. The number of halogens is 3. The van der Waals surface area contributed by atoms with E-state index in [4.69, 9.17) is 0 Å². The van der Waals surface area contributed by atoms with Crippen LogP contribution in [0, 0.1) is 11.8 Å². The Balaban J connectivity index is 1.74. The first-order chi connectivity index (χ1) is 8.56. The molecule has 2 fully saturated rings. The normalized spacial score (nSPS) is 46.0. The Hall–Kier alpha value is -0.145. The van der Waals surface area contributed by atoms with Crippen molar-refractivity contribution < 1.29 is 13.2 Å². The Bertz CT molecular complexity index is 261. The number of hydrogen-bond donors (Lipinski definition) is 0. The molecule has 18 heavy (non-hydrogen) atoms. The van der Waals surface area contributed by atoms with Crippen LogP contribution in [0.2, 0.25) is 12.1 Å². The Morgan fingerprint density at radius 2 is 1.72 bits per heavy atom. The van der Waals surface area contributed by atoms with Crippen molar-refractivity contribution in [3.8, 4) is 0 Å². The number of rotatable bonds is 3. The van der Waals surface area contributed by atoms with Gasteiger partial charge in [0.2, 0.25) is 0 Å². The van der Waals surface area contributed by atoms with Crippen LogP contribution in [0.5, 0.6) is 0 Å². The summed E-state index contributed by atoms with van der Waals surface area (Å²) in [6, 6.07) is 0. The second-order valence-corrected chi connectivity index (χ2v) is 6.23. The van der Waals surface area contributed by atoms with Crippen molar-refractivity contribution in [1.82, 2.24) is 0 Å². The topological polar surface area (TPSA) is 0 Å². The van der Waals surface area contributed by atoms with Crippen LogP contribution in [0.4, 0.5) is 13.2 Å². The predicted octanol–water partition coefficient (Wildman–Crippen LogP) is 4.53. The SMILES string of the molecule is CC1CCC(F)CC1[B-]CC1CCC(F)C(F)C1. The molecule has 0 nitrogen and oxygen atoms in total. The van der Waals surface area contributed by atoms with Crippen LogP contribution in [-0.2, 0) is 0 Å². The van der Waals surface area contributed by atoms with E-state index in [1.807, 2.05) is 0 Å². The van der Waals surface area contributed by atoms with Crippen molar-refractivity contribution >= 4 is 7.28 Å². The van der Waals surface area contributed by atoms with Crippen LogP contribution in [-0.4, -0.2) is 25.8 Å². The van der Waals surface area contributed by atoms with Gasteiger partial charge in [-0.05, 0) is 19.3 Å². The first-order valence-electron chi connectivity index (χ1n) is 7.31. The molecule has 2 aliphatic carbocycles. The molecule has 0 aromatic rings. The third-order valence-corrected chi connectivity index (χ3v) is 4.77. The van der Waals surface area contributed by atoms with Crippen molar-refractivity contribution in [3.63, 3.8) is 0 Å². The van der Waals surface area contributed by atoms with Crippen LogP contribution in [0.1, 0.15) is 45.4 Å². The van der Waals surface area contributed by atoms with Crippen molar-refractivity contribution in [2.24, 2.45) is 11.8 Å². The summed E-state index contributed by atoms with van der Waals surface area (Å²) in [5.74, 6) is 1.13. The number of alkyl halides is 3. The van der Waals surface area contributed by atoms with E-state index < -0.39 is 18.5 Å². The molecule has 6 unspecified atom stereocenters. The fourth-order valence-corrected chi connectivity index (χ4v) is 3.37. The molecule has 2 rings (SSSR count). The molecule has 2 aliphatic rings. The van der Waals surface area contributed by atoms with Gasteiger partial charge in [-0.1, -0.05) is 38.0 Å². The van der Waals surface area contributed by atoms with Gasteiger partial charge in [0.25, 0.3) is 0 Å². The summed E-state index contributed by atoms with van der Waals surface area (Å²) >= 11 is 0. The van der Waals surface area contributed by atoms with E-state index in [9.17, 15) is 13.2 Å². The van der Waals surface area contributed by atoms with Crippen molar-refractivity contribution in [3.05, 3.63) is 0 Å². The predicted molar refractivity (Wildman–Crippen MR) is 69.4 cm³/mol. The van der Waals surface area contributed by atoms with E-state index in [1.54, 1.807) is 0 Å². The molecule has 4 heteroatoms. The molecule has 2 radical (unpaired) electrons. The highest BCUT2D eigenvalue weighted by molar-refractivity contribution is 6.37. The molecule has 0 saturated heterocycles. The Kier molecular flexibility index (Phi) is 5.02. The second-order valence-electron chi connectivity index (χ2n) is 6.23. The summed E-state index contributed by atoms with van der Waals surface area (Å²) in [5.41, 5.74) is 0. The second kappa shape index (κ2) is 6.34. The lowest BCUT2D eigenvalue weighted by Gasteiger charge is -2.42. The van der Waals surface area contributed by atoms with Crippen LogP contribution >= 0.6 is 0 Å². The highest BCUT2D eigenvalue weighted by Crippen LogP contribution is 2.38. The summed E-state index contributed by atoms with van der Waals surface area (Å²) in [6.45, 7) is 2.17. The third kappa shape index (κ3) is 3.67. The molecule has 6 atom stereocenters. The van der Waals surface area contributed by atoms with Gasteiger partial charge in [-0.2, -0.15) is 0 Å². The van der Waals surface area contributed by atoms with Gasteiger partial charge in [-0.3, -0.25) is 0 Å². The molecular formula is C14H23BF3-. The largest absolute Gasteiger partial charge is 0.331 e. The van der Waals surface area contributed by atoms with Gasteiger partial charge in [0.1, 0.15) is 12.3 Å². The average molecular weight is 259 g/mol. The molecule has 0 N–H and O–H groups in total. The maximum atomic E-state index is 13.4. The van der Waals surface area contributed by atoms with Crippen molar-refractivity contribution in [2.45, 2.75) is 76.1 Å². The lowest BCUT2D eigenvalue weighted by molar-refractivity contribution is 0.0945. The smallest absolute Gasteiger partial charge is 0.131 e. The quantitative estimate of drug-likeness (QED) is 0.653. The fourth-order valence-electron chi connectivity index (χ4n) is 3.37. The standard InChI is InChI=1S/C14H23BF3/c1-9-2-4-11(16)7-12(9)15-8-10-3-5-13(17)14(18)6-10/h9-14H,2-8H2,1H3/q-1. The van der Waals surface area contributed by atoms with Gasteiger partial charge in [-0.25, -0.2) is 25.3 Å². The molecule has 0 amide bonds. The fraction of sp³-hybridized carbons (Fsp3) is 1.00. The van der Waals surface area contributed by atoms with E-state index in [0.29, 0.717) is 37.4 Å². The average Bonchev–Trinajstić information content (AvgIpc) is 2.34. The van der Waals surface area contributed by atoms with E-state index in [1.165, 1.54) is 0 Å². The first kappa shape index (κ1) is 14.3. The molecule has 2 saturated carbocycles. The van der Waals surface area contributed by atoms with Gasteiger partial charge >= 0.3 is 0 Å². The summed E-state index contributed by atoms with van der Waals surface area (Å²) in [7, 11) is 2.19. The monoisotopic (exact) mass is 259 g/mol. The molecule has 0 aliphatic heterocycles. The zero-order chi connectivity index (χ0) is 13.1. The van der Waals surface area contributed by atoms with Crippen molar-refractivity contribution in [1.29, 1.82) is 0 Å². The summed E-state index contributed by atoms with van der Waals surface area (Å²) < 4.78 is 39.7.